The van der Waals surface area contributed by atoms with E-state index in [2.05, 4.69) is 20.8 Å². The van der Waals surface area contributed by atoms with Gasteiger partial charge in [-0.3, -0.25) is 4.79 Å². The lowest BCUT2D eigenvalue weighted by Gasteiger charge is -2.06. The third-order valence-electron chi connectivity index (χ3n) is 3.40. The van der Waals surface area contributed by atoms with Crippen LogP contribution in [-0.4, -0.2) is 38.4 Å². The van der Waals surface area contributed by atoms with E-state index in [0.29, 0.717) is 16.7 Å². The highest BCUT2D eigenvalue weighted by molar-refractivity contribution is 7.99. The summed E-state index contributed by atoms with van der Waals surface area (Å²) < 4.78 is 1.56. The summed E-state index contributed by atoms with van der Waals surface area (Å²) in [6.45, 7) is 0.600. The predicted octanol–water partition coefficient (Wildman–Crippen LogP) is 2.77. The largest absolute Gasteiger partial charge is 0.355 e. The maximum absolute atomic E-state index is 12.0. The number of aromatic nitrogens is 4. The molecule has 0 aliphatic heterocycles. The van der Waals surface area contributed by atoms with Gasteiger partial charge in [0.05, 0.1) is 11.4 Å². The van der Waals surface area contributed by atoms with Crippen LogP contribution in [0.4, 0.5) is 0 Å². The predicted molar refractivity (Wildman–Crippen MR) is 98.0 cm³/mol. The number of halogens is 1. The summed E-state index contributed by atoms with van der Waals surface area (Å²) in [4.78, 5) is 12.0. The summed E-state index contributed by atoms with van der Waals surface area (Å²) in [6.07, 6.45) is 0.803. The molecule has 3 rings (SSSR count). The normalized spacial score (nSPS) is 10.6. The fourth-order valence-electron chi connectivity index (χ4n) is 2.21. The lowest BCUT2D eigenvalue weighted by Crippen LogP contribution is -2.27. The minimum absolute atomic E-state index is 0.0541. The van der Waals surface area contributed by atoms with Crippen LogP contribution in [0.3, 0.4) is 0 Å². The van der Waals surface area contributed by atoms with Crippen LogP contribution in [0.1, 0.15) is 5.56 Å². The number of benzene rings is 2. The van der Waals surface area contributed by atoms with Crippen LogP contribution in [0.5, 0.6) is 0 Å². The summed E-state index contributed by atoms with van der Waals surface area (Å²) in [6, 6.07) is 17.3. The number of carbonyl (C=O) groups is 1. The number of thioether (sulfide) groups is 1. The van der Waals surface area contributed by atoms with E-state index in [9.17, 15) is 4.79 Å². The van der Waals surface area contributed by atoms with Crippen LogP contribution in [0.2, 0.25) is 5.02 Å². The summed E-state index contributed by atoms with van der Waals surface area (Å²) >= 11 is 7.28. The van der Waals surface area contributed by atoms with Gasteiger partial charge in [0.1, 0.15) is 0 Å². The zero-order valence-electron chi connectivity index (χ0n) is 13.3. The van der Waals surface area contributed by atoms with E-state index >= 15 is 0 Å². The van der Waals surface area contributed by atoms with Crippen LogP contribution in [-0.2, 0) is 11.2 Å². The Morgan fingerprint density at radius 2 is 2.00 bits per heavy atom. The molecule has 0 saturated carbocycles. The number of nitrogens with one attached hydrogen (secondary N) is 1. The zero-order chi connectivity index (χ0) is 17.5. The molecule has 1 N–H and O–H groups in total. The monoisotopic (exact) mass is 373 g/mol. The molecule has 1 amide bonds. The molecule has 0 spiro atoms. The molecule has 1 aromatic heterocycles. The van der Waals surface area contributed by atoms with Crippen molar-refractivity contribution >= 4 is 29.3 Å². The van der Waals surface area contributed by atoms with Crippen LogP contribution in [0.25, 0.3) is 5.69 Å². The Balaban J connectivity index is 1.50. The maximum atomic E-state index is 12.0. The van der Waals surface area contributed by atoms with E-state index in [-0.39, 0.29) is 11.7 Å². The number of amides is 1. The third-order valence-corrected chi connectivity index (χ3v) is 4.56. The summed E-state index contributed by atoms with van der Waals surface area (Å²) in [5.74, 6) is 0.192. The SMILES string of the molecule is O=C(CSc1nnnn1-c1cccc(Cl)c1)NCCc1ccccc1. The van der Waals surface area contributed by atoms with E-state index in [1.165, 1.54) is 17.3 Å². The van der Waals surface area contributed by atoms with E-state index in [0.717, 1.165) is 12.1 Å². The molecule has 8 heteroatoms. The van der Waals surface area contributed by atoms with E-state index in [1.807, 2.05) is 42.5 Å². The van der Waals surface area contributed by atoms with Gasteiger partial charge in [-0.05, 0) is 40.6 Å². The van der Waals surface area contributed by atoms with Crippen molar-refractivity contribution < 1.29 is 4.79 Å². The average Bonchev–Trinajstić information content (AvgIpc) is 3.09. The smallest absolute Gasteiger partial charge is 0.230 e. The molecular formula is C17H16ClN5OS. The Morgan fingerprint density at radius 1 is 1.16 bits per heavy atom. The molecule has 0 fully saturated rings. The van der Waals surface area contributed by atoms with Crippen LogP contribution in [0, 0.1) is 0 Å². The molecule has 0 unspecified atom stereocenters. The topological polar surface area (TPSA) is 72.7 Å². The summed E-state index contributed by atoms with van der Waals surface area (Å²) in [7, 11) is 0. The van der Waals surface area contributed by atoms with Crippen molar-refractivity contribution in [2.75, 3.05) is 12.3 Å². The van der Waals surface area contributed by atoms with Gasteiger partial charge in [-0.1, -0.05) is 59.8 Å². The molecule has 3 aromatic rings. The second-order valence-corrected chi connectivity index (χ2v) is 6.61. The fraction of sp³-hybridized carbons (Fsp3) is 0.176. The average molecular weight is 374 g/mol. The standard InChI is InChI=1S/C17H16ClN5OS/c18-14-7-4-8-15(11-14)23-17(20-21-22-23)25-12-16(24)19-10-9-13-5-2-1-3-6-13/h1-8,11H,9-10,12H2,(H,19,24). The van der Waals surface area contributed by atoms with Crippen molar-refractivity contribution in [2.45, 2.75) is 11.6 Å². The highest BCUT2D eigenvalue weighted by atomic mass is 35.5. The molecule has 0 atom stereocenters. The number of hydrogen-bond donors (Lipinski definition) is 1. The first kappa shape index (κ1) is 17.4. The van der Waals surface area contributed by atoms with Gasteiger partial charge in [0, 0.05) is 11.6 Å². The highest BCUT2D eigenvalue weighted by Crippen LogP contribution is 2.20. The maximum Gasteiger partial charge on any atom is 0.230 e. The van der Waals surface area contributed by atoms with Gasteiger partial charge in [0.15, 0.2) is 0 Å². The highest BCUT2D eigenvalue weighted by Gasteiger charge is 2.11. The van der Waals surface area contributed by atoms with Crippen molar-refractivity contribution in [3.63, 3.8) is 0 Å². The molecule has 0 saturated heterocycles. The molecule has 6 nitrogen and oxygen atoms in total. The first-order valence-electron chi connectivity index (χ1n) is 7.70. The quantitative estimate of drug-likeness (QED) is 0.645. The van der Waals surface area contributed by atoms with Gasteiger partial charge >= 0.3 is 0 Å². The number of carbonyl (C=O) groups excluding carboxylic acids is 1. The molecule has 0 aliphatic rings. The molecule has 2 aromatic carbocycles. The Bertz CT molecular complexity index is 840. The Hall–Kier alpha value is -2.38. The lowest BCUT2D eigenvalue weighted by molar-refractivity contribution is -0.118. The second kappa shape index (κ2) is 8.64. The van der Waals surface area contributed by atoms with E-state index in [1.54, 1.807) is 16.8 Å². The van der Waals surface area contributed by atoms with Gasteiger partial charge in [0.2, 0.25) is 11.1 Å². The molecule has 0 aliphatic carbocycles. The zero-order valence-corrected chi connectivity index (χ0v) is 14.9. The summed E-state index contributed by atoms with van der Waals surface area (Å²) in [5, 5.41) is 15.6. The van der Waals surface area contributed by atoms with Crippen molar-refractivity contribution in [1.29, 1.82) is 0 Å². The van der Waals surface area contributed by atoms with Crippen molar-refractivity contribution in [2.24, 2.45) is 0 Å². The van der Waals surface area contributed by atoms with Gasteiger partial charge in [0.25, 0.3) is 0 Å². The second-order valence-electron chi connectivity index (χ2n) is 5.23. The number of hydrogen-bond acceptors (Lipinski definition) is 5. The first-order chi connectivity index (χ1) is 12.2. The molecule has 128 valence electrons. The lowest BCUT2D eigenvalue weighted by atomic mass is 10.1. The van der Waals surface area contributed by atoms with Crippen LogP contribution >= 0.6 is 23.4 Å². The van der Waals surface area contributed by atoms with Gasteiger partial charge in [-0.2, -0.15) is 4.68 Å². The van der Waals surface area contributed by atoms with E-state index < -0.39 is 0 Å². The Labute approximate surface area is 154 Å². The molecule has 1 heterocycles. The first-order valence-corrected chi connectivity index (χ1v) is 9.06. The molecule has 0 bridgehead atoms. The number of rotatable bonds is 7. The fourth-order valence-corrected chi connectivity index (χ4v) is 3.12. The third kappa shape index (κ3) is 5.04. The molecule has 0 radical (unpaired) electrons. The Morgan fingerprint density at radius 3 is 2.80 bits per heavy atom. The van der Waals surface area contributed by atoms with Crippen molar-refractivity contribution in [3.8, 4) is 5.69 Å². The van der Waals surface area contributed by atoms with Crippen molar-refractivity contribution in [1.82, 2.24) is 25.5 Å². The molecule has 25 heavy (non-hydrogen) atoms. The minimum Gasteiger partial charge on any atom is -0.355 e. The molecular weight excluding hydrogens is 358 g/mol. The van der Waals surface area contributed by atoms with Gasteiger partial charge in [-0.15, -0.1) is 5.10 Å². The Kier molecular flexibility index (Phi) is 6.03. The van der Waals surface area contributed by atoms with Crippen LogP contribution < -0.4 is 5.32 Å². The summed E-state index contributed by atoms with van der Waals surface area (Å²) in [5.41, 5.74) is 1.95. The van der Waals surface area contributed by atoms with Crippen molar-refractivity contribution in [3.05, 3.63) is 65.2 Å². The number of nitrogens with zero attached hydrogens (tertiary/aromatic N) is 4. The van der Waals surface area contributed by atoms with Crippen LogP contribution in [0.15, 0.2) is 59.8 Å². The van der Waals surface area contributed by atoms with Gasteiger partial charge < -0.3 is 5.32 Å². The minimum atomic E-state index is -0.0541. The van der Waals surface area contributed by atoms with E-state index in [4.69, 9.17) is 11.6 Å². The van der Waals surface area contributed by atoms with Gasteiger partial charge in [-0.25, -0.2) is 0 Å². The number of tetrazole rings is 1.